The van der Waals surface area contributed by atoms with E-state index in [1.54, 1.807) is 10.6 Å². The Balaban J connectivity index is 1.84. The third-order valence-corrected chi connectivity index (χ3v) is 5.62. The van der Waals surface area contributed by atoms with Gasteiger partial charge in [-0.1, -0.05) is 79.1 Å². The molecule has 1 heterocycles. The van der Waals surface area contributed by atoms with Crippen molar-refractivity contribution in [3.05, 3.63) is 75.7 Å². The number of imidazole rings is 1. The highest BCUT2D eigenvalue weighted by Gasteiger charge is 2.21. The highest BCUT2D eigenvalue weighted by atomic mass is 35.5. The molecule has 2 aromatic carbocycles. The third kappa shape index (κ3) is 5.29. The standard InChI is InChI=1S/C21H21Cl2FN2OS/c1-14(2)20-21(28-18-9-16(22)8-17(23)10-18)26(13-24)19(25-20)12-27-11-15-6-4-3-5-7-15/h3-10,14H,11-13H2,1-2H3. The topological polar surface area (TPSA) is 27.1 Å². The average molecular weight is 439 g/mol. The minimum atomic E-state index is -0.680. The van der Waals surface area contributed by atoms with E-state index in [1.807, 2.05) is 56.3 Å². The Labute approximate surface area is 178 Å². The molecule has 28 heavy (non-hydrogen) atoms. The van der Waals surface area contributed by atoms with Crippen molar-refractivity contribution in [3.63, 3.8) is 0 Å². The van der Waals surface area contributed by atoms with Gasteiger partial charge in [0.1, 0.15) is 17.5 Å². The van der Waals surface area contributed by atoms with Crippen molar-refractivity contribution in [2.24, 2.45) is 0 Å². The van der Waals surface area contributed by atoms with Gasteiger partial charge >= 0.3 is 0 Å². The Hall–Kier alpha value is -1.53. The maximum Gasteiger partial charge on any atom is 0.167 e. The van der Waals surface area contributed by atoms with Gasteiger partial charge in [0.15, 0.2) is 6.80 Å². The maximum atomic E-state index is 13.9. The molecule has 0 aliphatic carbocycles. The van der Waals surface area contributed by atoms with Crippen molar-refractivity contribution in [3.8, 4) is 0 Å². The first kappa shape index (κ1) is 21.2. The highest BCUT2D eigenvalue weighted by molar-refractivity contribution is 7.99. The van der Waals surface area contributed by atoms with Gasteiger partial charge < -0.3 is 4.74 Å². The van der Waals surface area contributed by atoms with Crippen molar-refractivity contribution in [1.82, 2.24) is 9.55 Å². The zero-order chi connectivity index (χ0) is 20.1. The summed E-state index contributed by atoms with van der Waals surface area (Å²) in [5.41, 5.74) is 1.89. The van der Waals surface area contributed by atoms with Gasteiger partial charge in [-0.3, -0.25) is 4.57 Å². The zero-order valence-corrected chi connectivity index (χ0v) is 18.0. The van der Waals surface area contributed by atoms with Crippen molar-refractivity contribution >= 4 is 35.0 Å². The Bertz CT molecular complexity index is 911. The summed E-state index contributed by atoms with van der Waals surface area (Å²) in [7, 11) is 0. The number of aromatic nitrogens is 2. The highest BCUT2D eigenvalue weighted by Crippen LogP contribution is 2.37. The van der Waals surface area contributed by atoms with Gasteiger partial charge in [-0.05, 0) is 29.7 Å². The van der Waals surface area contributed by atoms with E-state index in [1.165, 1.54) is 11.8 Å². The molecule has 7 heteroatoms. The van der Waals surface area contributed by atoms with Crippen LogP contribution in [0, 0.1) is 0 Å². The minimum absolute atomic E-state index is 0.137. The number of hydrogen-bond acceptors (Lipinski definition) is 3. The van der Waals surface area contributed by atoms with E-state index in [0.29, 0.717) is 22.5 Å². The molecule has 148 valence electrons. The SMILES string of the molecule is CC(C)c1nc(COCc2ccccc2)n(CF)c1Sc1cc(Cl)cc(Cl)c1. The molecule has 0 spiro atoms. The van der Waals surface area contributed by atoms with Crippen molar-refractivity contribution in [2.45, 2.75) is 49.7 Å². The fourth-order valence-corrected chi connectivity index (χ4v) is 4.65. The molecular formula is C21H21Cl2FN2OS. The van der Waals surface area contributed by atoms with Crippen LogP contribution in [0.3, 0.4) is 0 Å². The normalized spacial score (nSPS) is 11.4. The Morgan fingerprint density at radius 1 is 1.07 bits per heavy atom. The summed E-state index contributed by atoms with van der Waals surface area (Å²) in [6.07, 6.45) is 0. The molecule has 0 aliphatic heterocycles. The molecule has 0 unspecified atom stereocenters. The fraction of sp³-hybridized carbons (Fsp3) is 0.286. The second-order valence-electron chi connectivity index (χ2n) is 6.61. The number of benzene rings is 2. The van der Waals surface area contributed by atoms with Crippen LogP contribution in [0.4, 0.5) is 4.39 Å². The average Bonchev–Trinajstić information content (AvgIpc) is 2.99. The zero-order valence-electron chi connectivity index (χ0n) is 15.7. The van der Waals surface area contributed by atoms with Crippen LogP contribution in [-0.4, -0.2) is 9.55 Å². The molecule has 0 saturated heterocycles. The van der Waals surface area contributed by atoms with E-state index in [9.17, 15) is 4.39 Å². The second-order valence-corrected chi connectivity index (χ2v) is 8.54. The number of alkyl halides is 1. The predicted molar refractivity (Wildman–Crippen MR) is 113 cm³/mol. The fourth-order valence-electron chi connectivity index (χ4n) is 2.75. The summed E-state index contributed by atoms with van der Waals surface area (Å²) < 4.78 is 21.3. The van der Waals surface area contributed by atoms with Crippen molar-refractivity contribution in [1.29, 1.82) is 0 Å². The molecule has 0 fully saturated rings. The summed E-state index contributed by atoms with van der Waals surface area (Å²) in [4.78, 5) is 5.50. The molecule has 0 atom stereocenters. The monoisotopic (exact) mass is 438 g/mol. The van der Waals surface area contributed by atoms with E-state index in [4.69, 9.17) is 27.9 Å². The number of ether oxygens (including phenoxy) is 1. The first-order valence-electron chi connectivity index (χ1n) is 8.88. The van der Waals surface area contributed by atoms with Gasteiger partial charge in [0, 0.05) is 14.9 Å². The lowest BCUT2D eigenvalue weighted by Crippen LogP contribution is -2.05. The summed E-state index contributed by atoms with van der Waals surface area (Å²) in [5.74, 6) is 0.704. The van der Waals surface area contributed by atoms with Gasteiger partial charge in [-0.25, -0.2) is 9.37 Å². The molecule has 0 radical (unpaired) electrons. The van der Waals surface area contributed by atoms with Gasteiger partial charge in [0.25, 0.3) is 0 Å². The smallest absolute Gasteiger partial charge is 0.167 e. The van der Waals surface area contributed by atoms with Gasteiger partial charge in [0.2, 0.25) is 0 Å². The third-order valence-electron chi connectivity index (χ3n) is 4.09. The first-order valence-corrected chi connectivity index (χ1v) is 10.5. The second kappa shape index (κ2) is 9.79. The molecule has 0 aliphatic rings. The molecule has 3 aromatic rings. The van der Waals surface area contributed by atoms with Gasteiger partial charge in [-0.15, -0.1) is 0 Å². The van der Waals surface area contributed by atoms with E-state index in [-0.39, 0.29) is 12.5 Å². The summed E-state index contributed by atoms with van der Waals surface area (Å²) >= 11 is 13.6. The van der Waals surface area contributed by atoms with Crippen LogP contribution in [-0.2, 0) is 24.7 Å². The quantitative estimate of drug-likeness (QED) is 0.374. The molecule has 0 saturated carbocycles. The van der Waals surface area contributed by atoms with Crippen LogP contribution in [0.15, 0.2) is 58.5 Å². The maximum absolute atomic E-state index is 13.9. The number of hydrogen-bond donors (Lipinski definition) is 0. The Kier molecular flexibility index (Phi) is 7.41. The lowest BCUT2D eigenvalue weighted by molar-refractivity contribution is 0.0967. The molecule has 0 amide bonds. The van der Waals surface area contributed by atoms with Gasteiger partial charge in [0.05, 0.1) is 12.3 Å². The van der Waals surface area contributed by atoms with Crippen molar-refractivity contribution in [2.75, 3.05) is 0 Å². The lowest BCUT2D eigenvalue weighted by Gasteiger charge is -2.11. The number of halogens is 3. The first-order chi connectivity index (χ1) is 13.5. The van der Waals surface area contributed by atoms with E-state index in [0.717, 1.165) is 21.2 Å². The van der Waals surface area contributed by atoms with Crippen LogP contribution in [0.1, 0.15) is 36.8 Å². The van der Waals surface area contributed by atoms with Crippen LogP contribution in [0.2, 0.25) is 10.0 Å². The minimum Gasteiger partial charge on any atom is -0.369 e. The Morgan fingerprint density at radius 3 is 2.36 bits per heavy atom. The van der Waals surface area contributed by atoms with Gasteiger partial charge in [-0.2, -0.15) is 0 Å². The number of rotatable bonds is 8. The predicted octanol–water partition coefficient (Wildman–Crippen LogP) is 7.11. The van der Waals surface area contributed by atoms with E-state index in [2.05, 4.69) is 4.98 Å². The van der Waals surface area contributed by atoms with Crippen LogP contribution in [0.5, 0.6) is 0 Å². The van der Waals surface area contributed by atoms with E-state index < -0.39 is 6.80 Å². The summed E-state index contributed by atoms with van der Waals surface area (Å²) in [6.45, 7) is 4.07. The Morgan fingerprint density at radius 2 is 1.75 bits per heavy atom. The van der Waals surface area contributed by atoms with E-state index >= 15 is 0 Å². The van der Waals surface area contributed by atoms with Crippen LogP contribution >= 0.6 is 35.0 Å². The van der Waals surface area contributed by atoms with Crippen molar-refractivity contribution < 1.29 is 9.13 Å². The summed E-state index contributed by atoms with van der Waals surface area (Å²) in [6, 6.07) is 15.2. The van der Waals surface area contributed by atoms with Crippen LogP contribution < -0.4 is 0 Å². The molecule has 0 N–H and O–H groups in total. The molecule has 3 rings (SSSR count). The largest absolute Gasteiger partial charge is 0.369 e. The lowest BCUT2D eigenvalue weighted by atomic mass is 10.2. The summed E-state index contributed by atoms with van der Waals surface area (Å²) in [5, 5.41) is 1.83. The van der Waals surface area contributed by atoms with Crippen LogP contribution in [0.25, 0.3) is 0 Å². The number of nitrogens with zero attached hydrogens (tertiary/aromatic N) is 2. The molecule has 0 bridgehead atoms. The molecule has 3 nitrogen and oxygen atoms in total. The molecular weight excluding hydrogens is 418 g/mol. The molecule has 1 aromatic heterocycles.